The first-order valence-electron chi connectivity index (χ1n) is 6.72. The molecule has 1 amide bonds. The SMILES string of the molecule is O=C1COc2ccc(S(=O)(=O)N(CCO)C3CC3)cc2N1. The second-order valence-corrected chi connectivity index (χ2v) is 6.96. The van der Waals surface area contributed by atoms with Gasteiger partial charge in [-0.15, -0.1) is 0 Å². The largest absolute Gasteiger partial charge is 0.482 e. The normalized spacial score (nSPS) is 18.1. The third kappa shape index (κ3) is 2.74. The van der Waals surface area contributed by atoms with Crippen LogP contribution in [0.3, 0.4) is 0 Å². The van der Waals surface area contributed by atoms with Gasteiger partial charge in [0.05, 0.1) is 17.2 Å². The highest BCUT2D eigenvalue weighted by Crippen LogP contribution is 2.35. The summed E-state index contributed by atoms with van der Waals surface area (Å²) in [4.78, 5) is 11.4. The number of hydrogen-bond donors (Lipinski definition) is 2. The molecule has 114 valence electrons. The van der Waals surface area contributed by atoms with Gasteiger partial charge in [-0.05, 0) is 31.0 Å². The van der Waals surface area contributed by atoms with Gasteiger partial charge in [-0.3, -0.25) is 4.79 Å². The fraction of sp³-hybridized carbons (Fsp3) is 0.462. The molecule has 1 fully saturated rings. The van der Waals surface area contributed by atoms with E-state index in [1.165, 1.54) is 22.5 Å². The second kappa shape index (κ2) is 5.28. The van der Waals surface area contributed by atoms with Gasteiger partial charge in [0.15, 0.2) is 6.61 Å². The lowest BCUT2D eigenvalue weighted by Gasteiger charge is -2.23. The number of sulfonamides is 1. The number of rotatable bonds is 5. The van der Waals surface area contributed by atoms with Crippen LogP contribution in [0.15, 0.2) is 23.1 Å². The molecular weight excluding hydrogens is 296 g/mol. The number of hydrogen-bond acceptors (Lipinski definition) is 5. The van der Waals surface area contributed by atoms with E-state index in [-0.39, 0.29) is 36.6 Å². The first-order valence-corrected chi connectivity index (χ1v) is 8.16. The van der Waals surface area contributed by atoms with E-state index in [9.17, 15) is 13.2 Å². The molecule has 2 N–H and O–H groups in total. The summed E-state index contributed by atoms with van der Waals surface area (Å²) < 4.78 is 31.8. The third-order valence-corrected chi connectivity index (χ3v) is 5.41. The van der Waals surface area contributed by atoms with E-state index >= 15 is 0 Å². The Hall–Kier alpha value is -1.64. The average molecular weight is 312 g/mol. The third-order valence-electron chi connectivity index (χ3n) is 3.47. The van der Waals surface area contributed by atoms with E-state index in [1.807, 2.05) is 0 Å². The number of benzene rings is 1. The number of aliphatic hydroxyl groups is 1. The topological polar surface area (TPSA) is 95.9 Å². The quantitative estimate of drug-likeness (QED) is 0.807. The van der Waals surface area contributed by atoms with Crippen LogP contribution in [0, 0.1) is 0 Å². The molecular formula is C13H16N2O5S. The van der Waals surface area contributed by atoms with Crippen LogP contribution in [0.1, 0.15) is 12.8 Å². The van der Waals surface area contributed by atoms with Gasteiger partial charge >= 0.3 is 0 Å². The van der Waals surface area contributed by atoms with Crippen molar-refractivity contribution in [3.8, 4) is 5.75 Å². The van der Waals surface area contributed by atoms with Crippen molar-refractivity contribution in [2.24, 2.45) is 0 Å². The Morgan fingerprint density at radius 2 is 2.14 bits per heavy atom. The molecule has 0 bridgehead atoms. The summed E-state index contributed by atoms with van der Waals surface area (Å²) in [5.41, 5.74) is 0.354. The molecule has 1 saturated carbocycles. The Bertz CT molecular complexity index is 669. The molecule has 1 heterocycles. The molecule has 8 heteroatoms. The number of aliphatic hydroxyl groups excluding tert-OH is 1. The number of nitrogens with one attached hydrogen (secondary N) is 1. The maximum absolute atomic E-state index is 12.6. The van der Waals surface area contributed by atoms with Crippen LogP contribution in [-0.2, 0) is 14.8 Å². The summed E-state index contributed by atoms with van der Waals surface area (Å²) in [6.45, 7) is -0.217. The molecule has 0 saturated heterocycles. The van der Waals surface area contributed by atoms with Gasteiger partial charge in [-0.2, -0.15) is 4.31 Å². The minimum Gasteiger partial charge on any atom is -0.482 e. The van der Waals surface area contributed by atoms with Crippen LogP contribution in [0.25, 0.3) is 0 Å². The summed E-state index contributed by atoms with van der Waals surface area (Å²) in [5.74, 6) is 0.139. The van der Waals surface area contributed by atoms with E-state index in [0.29, 0.717) is 11.4 Å². The first kappa shape index (κ1) is 14.3. The Labute approximate surface area is 122 Å². The van der Waals surface area contributed by atoms with E-state index in [0.717, 1.165) is 12.8 Å². The van der Waals surface area contributed by atoms with Crippen molar-refractivity contribution in [2.75, 3.05) is 25.1 Å². The van der Waals surface area contributed by atoms with Crippen molar-refractivity contribution in [1.29, 1.82) is 0 Å². The predicted octanol–water partition coefficient (Wildman–Crippen LogP) is 0.163. The summed E-state index contributed by atoms with van der Waals surface area (Å²) in [7, 11) is -3.68. The minimum absolute atomic E-state index is 0.0379. The number of carbonyl (C=O) groups excluding carboxylic acids is 1. The summed E-state index contributed by atoms with van der Waals surface area (Å²) in [5, 5.41) is 11.7. The maximum atomic E-state index is 12.6. The van der Waals surface area contributed by atoms with Gasteiger partial charge in [-0.25, -0.2) is 8.42 Å². The lowest BCUT2D eigenvalue weighted by molar-refractivity contribution is -0.118. The van der Waals surface area contributed by atoms with Gasteiger partial charge < -0.3 is 15.2 Å². The van der Waals surface area contributed by atoms with Crippen LogP contribution >= 0.6 is 0 Å². The fourth-order valence-electron chi connectivity index (χ4n) is 2.32. The van der Waals surface area contributed by atoms with E-state index < -0.39 is 10.0 Å². The molecule has 0 spiro atoms. The van der Waals surface area contributed by atoms with Crippen LogP contribution in [0.4, 0.5) is 5.69 Å². The van der Waals surface area contributed by atoms with E-state index in [1.54, 1.807) is 0 Å². The molecule has 2 aliphatic rings. The number of anilines is 1. The van der Waals surface area contributed by atoms with Crippen molar-refractivity contribution < 1.29 is 23.1 Å². The van der Waals surface area contributed by atoms with Crippen LogP contribution in [-0.4, -0.2) is 49.5 Å². The molecule has 7 nitrogen and oxygen atoms in total. The van der Waals surface area contributed by atoms with Crippen molar-refractivity contribution >= 4 is 21.6 Å². The zero-order valence-electron chi connectivity index (χ0n) is 11.3. The Balaban J connectivity index is 1.95. The standard InChI is InChI=1S/C13H16N2O5S/c16-6-5-15(9-1-2-9)21(18,19)10-3-4-12-11(7-10)14-13(17)8-20-12/h3-4,7,9,16H,1-2,5-6,8H2,(H,14,17). The predicted molar refractivity (Wildman–Crippen MR) is 74.6 cm³/mol. The number of carbonyl (C=O) groups is 1. The number of ether oxygens (including phenoxy) is 1. The van der Waals surface area contributed by atoms with Gasteiger partial charge in [-0.1, -0.05) is 0 Å². The lowest BCUT2D eigenvalue weighted by Crippen LogP contribution is -2.35. The smallest absolute Gasteiger partial charge is 0.262 e. The fourth-order valence-corrected chi connectivity index (χ4v) is 4.02. The molecule has 1 aromatic carbocycles. The molecule has 0 aromatic heterocycles. The molecule has 21 heavy (non-hydrogen) atoms. The summed E-state index contributed by atoms with van der Waals surface area (Å²) in [6, 6.07) is 4.35. The second-order valence-electron chi connectivity index (χ2n) is 5.07. The highest BCUT2D eigenvalue weighted by molar-refractivity contribution is 7.89. The van der Waals surface area contributed by atoms with Crippen LogP contribution in [0.2, 0.25) is 0 Å². The molecule has 0 atom stereocenters. The highest BCUT2D eigenvalue weighted by atomic mass is 32.2. The molecule has 3 rings (SSSR count). The van der Waals surface area contributed by atoms with Crippen LogP contribution < -0.4 is 10.1 Å². The van der Waals surface area contributed by atoms with Crippen molar-refractivity contribution in [1.82, 2.24) is 4.31 Å². The Morgan fingerprint density at radius 1 is 1.38 bits per heavy atom. The highest BCUT2D eigenvalue weighted by Gasteiger charge is 2.38. The van der Waals surface area contributed by atoms with Gasteiger partial charge in [0.25, 0.3) is 5.91 Å². The zero-order valence-corrected chi connectivity index (χ0v) is 12.1. The molecule has 0 unspecified atom stereocenters. The van der Waals surface area contributed by atoms with Gasteiger partial charge in [0.2, 0.25) is 10.0 Å². The molecule has 1 aliphatic heterocycles. The number of amides is 1. The monoisotopic (exact) mass is 312 g/mol. The number of fused-ring (bicyclic) bond motifs is 1. The zero-order chi connectivity index (χ0) is 15.0. The molecule has 1 aliphatic carbocycles. The minimum atomic E-state index is -3.68. The van der Waals surface area contributed by atoms with Crippen molar-refractivity contribution in [3.63, 3.8) is 0 Å². The maximum Gasteiger partial charge on any atom is 0.262 e. The Kier molecular flexibility index (Phi) is 3.60. The van der Waals surface area contributed by atoms with E-state index in [4.69, 9.17) is 9.84 Å². The van der Waals surface area contributed by atoms with E-state index in [2.05, 4.69) is 5.32 Å². The summed E-state index contributed by atoms with van der Waals surface area (Å²) >= 11 is 0. The summed E-state index contributed by atoms with van der Waals surface area (Å²) in [6.07, 6.45) is 1.62. The van der Waals surface area contributed by atoms with Gasteiger partial charge in [0, 0.05) is 12.6 Å². The van der Waals surface area contributed by atoms with Crippen molar-refractivity contribution in [3.05, 3.63) is 18.2 Å². The molecule has 1 aromatic rings. The first-order chi connectivity index (χ1) is 10.0. The Morgan fingerprint density at radius 3 is 2.81 bits per heavy atom. The average Bonchev–Trinajstić information content (AvgIpc) is 3.28. The van der Waals surface area contributed by atoms with Crippen molar-refractivity contribution in [2.45, 2.75) is 23.8 Å². The van der Waals surface area contributed by atoms with Crippen LogP contribution in [0.5, 0.6) is 5.75 Å². The number of nitrogens with zero attached hydrogens (tertiary/aromatic N) is 1. The lowest BCUT2D eigenvalue weighted by atomic mass is 10.2. The van der Waals surface area contributed by atoms with Gasteiger partial charge in [0.1, 0.15) is 5.75 Å². The molecule has 0 radical (unpaired) electrons.